The van der Waals surface area contributed by atoms with Gasteiger partial charge in [-0.2, -0.15) is 0 Å². The van der Waals surface area contributed by atoms with E-state index in [9.17, 15) is 0 Å². The maximum atomic E-state index is 4.37. The molecule has 2 heterocycles. The monoisotopic (exact) mass is 255 g/mol. The highest BCUT2D eigenvalue weighted by atomic mass is 15.1. The lowest BCUT2D eigenvalue weighted by molar-refractivity contribution is 0.457. The van der Waals surface area contributed by atoms with Gasteiger partial charge in [0.25, 0.3) is 0 Å². The topological polar surface area (TPSA) is 29.9 Å². The van der Waals surface area contributed by atoms with Gasteiger partial charge in [-0.15, -0.1) is 0 Å². The third-order valence-electron chi connectivity index (χ3n) is 3.95. The van der Waals surface area contributed by atoms with E-state index in [0.29, 0.717) is 6.04 Å². The van der Waals surface area contributed by atoms with E-state index in [1.54, 1.807) is 0 Å². The highest BCUT2D eigenvalue weighted by Crippen LogP contribution is 2.27. The van der Waals surface area contributed by atoms with Crippen LogP contribution in [-0.4, -0.2) is 22.6 Å². The second kappa shape index (κ2) is 5.57. The van der Waals surface area contributed by atoms with Crippen LogP contribution in [0.4, 0.5) is 0 Å². The molecule has 1 aliphatic rings. The Morgan fingerprint density at radius 2 is 2.00 bits per heavy atom. The van der Waals surface area contributed by atoms with Gasteiger partial charge in [-0.25, -0.2) is 4.98 Å². The van der Waals surface area contributed by atoms with Crippen LogP contribution in [0.5, 0.6) is 0 Å². The van der Waals surface area contributed by atoms with Gasteiger partial charge in [0.15, 0.2) is 0 Å². The van der Waals surface area contributed by atoms with Crippen molar-refractivity contribution < 1.29 is 0 Å². The maximum Gasteiger partial charge on any atom is 0.0953 e. The van der Waals surface area contributed by atoms with Gasteiger partial charge >= 0.3 is 0 Å². The molecule has 3 heteroatoms. The molecule has 19 heavy (non-hydrogen) atoms. The minimum absolute atomic E-state index is 0.578. The number of imidazole rings is 1. The fraction of sp³-hybridized carbons (Fsp3) is 0.438. The summed E-state index contributed by atoms with van der Waals surface area (Å²) in [6, 6.07) is 9.30. The molecule has 2 aromatic rings. The molecule has 0 aliphatic carbocycles. The van der Waals surface area contributed by atoms with E-state index >= 15 is 0 Å². The first-order chi connectivity index (χ1) is 9.34. The molecule has 0 radical (unpaired) electrons. The van der Waals surface area contributed by atoms with E-state index in [-0.39, 0.29) is 0 Å². The summed E-state index contributed by atoms with van der Waals surface area (Å²) in [6.07, 6.45) is 7.65. The predicted molar refractivity (Wildman–Crippen MR) is 78.2 cm³/mol. The Morgan fingerprint density at radius 1 is 1.16 bits per heavy atom. The predicted octanol–water partition coefficient (Wildman–Crippen LogP) is 3.17. The van der Waals surface area contributed by atoms with Crippen molar-refractivity contribution in [1.82, 2.24) is 14.9 Å². The van der Waals surface area contributed by atoms with Gasteiger partial charge in [-0.1, -0.05) is 29.8 Å². The SMILES string of the molecule is Cc1ccc(-c2cncn2C2CCCNCC2)cc1. The van der Waals surface area contributed by atoms with Gasteiger partial charge in [-0.05, 0) is 44.8 Å². The molecule has 1 aromatic heterocycles. The van der Waals surface area contributed by atoms with Gasteiger partial charge in [0.1, 0.15) is 0 Å². The second-order valence-corrected chi connectivity index (χ2v) is 5.39. The Morgan fingerprint density at radius 3 is 2.84 bits per heavy atom. The Kier molecular flexibility index (Phi) is 3.65. The van der Waals surface area contributed by atoms with Crippen molar-refractivity contribution >= 4 is 0 Å². The van der Waals surface area contributed by atoms with Gasteiger partial charge in [0.2, 0.25) is 0 Å². The van der Waals surface area contributed by atoms with Crippen molar-refractivity contribution in [2.45, 2.75) is 32.2 Å². The minimum atomic E-state index is 0.578. The number of nitrogens with zero attached hydrogens (tertiary/aromatic N) is 2. The normalized spacial score (nSPS) is 20.2. The number of nitrogens with one attached hydrogen (secondary N) is 1. The number of hydrogen-bond donors (Lipinski definition) is 1. The van der Waals surface area contributed by atoms with Crippen molar-refractivity contribution in [2.24, 2.45) is 0 Å². The average Bonchev–Trinajstić information content (AvgIpc) is 2.75. The van der Waals surface area contributed by atoms with Crippen molar-refractivity contribution in [3.63, 3.8) is 0 Å². The van der Waals surface area contributed by atoms with Crippen LogP contribution < -0.4 is 5.32 Å². The summed E-state index contributed by atoms with van der Waals surface area (Å²) in [5.41, 5.74) is 3.81. The summed E-state index contributed by atoms with van der Waals surface area (Å²) >= 11 is 0. The van der Waals surface area contributed by atoms with Crippen LogP contribution in [0, 0.1) is 6.92 Å². The van der Waals surface area contributed by atoms with Crippen LogP contribution in [0.15, 0.2) is 36.8 Å². The Labute approximate surface area is 114 Å². The number of aryl methyl sites for hydroxylation is 1. The van der Waals surface area contributed by atoms with Gasteiger partial charge in [0, 0.05) is 6.04 Å². The van der Waals surface area contributed by atoms with Crippen LogP contribution in [0.1, 0.15) is 30.9 Å². The molecule has 0 amide bonds. The van der Waals surface area contributed by atoms with Gasteiger partial charge in [-0.3, -0.25) is 0 Å². The van der Waals surface area contributed by atoms with E-state index in [2.05, 4.69) is 46.1 Å². The lowest BCUT2D eigenvalue weighted by atomic mass is 10.1. The average molecular weight is 255 g/mol. The largest absolute Gasteiger partial charge is 0.327 e. The third kappa shape index (κ3) is 2.71. The summed E-state index contributed by atoms with van der Waals surface area (Å²) < 4.78 is 2.36. The quantitative estimate of drug-likeness (QED) is 0.893. The van der Waals surface area contributed by atoms with Crippen LogP contribution in [0.2, 0.25) is 0 Å². The zero-order valence-corrected chi connectivity index (χ0v) is 11.5. The number of rotatable bonds is 2. The molecule has 0 spiro atoms. The molecule has 0 saturated carbocycles. The molecule has 0 bridgehead atoms. The molecular formula is C16H21N3. The maximum absolute atomic E-state index is 4.37. The zero-order chi connectivity index (χ0) is 13.1. The lowest BCUT2D eigenvalue weighted by Gasteiger charge is -2.19. The minimum Gasteiger partial charge on any atom is -0.327 e. The van der Waals surface area contributed by atoms with Gasteiger partial charge < -0.3 is 9.88 Å². The molecule has 1 unspecified atom stereocenters. The Hall–Kier alpha value is -1.61. The first kappa shape index (κ1) is 12.4. The third-order valence-corrected chi connectivity index (χ3v) is 3.95. The first-order valence-electron chi connectivity index (χ1n) is 7.14. The highest BCUT2D eigenvalue weighted by molar-refractivity contribution is 5.59. The highest BCUT2D eigenvalue weighted by Gasteiger charge is 2.16. The summed E-state index contributed by atoms with van der Waals surface area (Å²) in [7, 11) is 0. The smallest absolute Gasteiger partial charge is 0.0953 e. The number of benzene rings is 1. The van der Waals surface area contributed by atoms with Crippen molar-refractivity contribution in [3.05, 3.63) is 42.4 Å². The van der Waals surface area contributed by atoms with Crippen molar-refractivity contribution in [1.29, 1.82) is 0 Å². The zero-order valence-electron chi connectivity index (χ0n) is 11.5. The van der Waals surface area contributed by atoms with Crippen LogP contribution in [-0.2, 0) is 0 Å². The fourth-order valence-corrected chi connectivity index (χ4v) is 2.82. The molecule has 1 saturated heterocycles. The van der Waals surface area contributed by atoms with E-state index in [4.69, 9.17) is 0 Å². The van der Waals surface area contributed by atoms with Crippen LogP contribution in [0.25, 0.3) is 11.3 Å². The van der Waals surface area contributed by atoms with Gasteiger partial charge in [0.05, 0.1) is 18.2 Å². The summed E-state index contributed by atoms with van der Waals surface area (Å²) in [5, 5.41) is 3.47. The van der Waals surface area contributed by atoms with Crippen molar-refractivity contribution in [2.75, 3.05) is 13.1 Å². The molecule has 1 aromatic carbocycles. The van der Waals surface area contributed by atoms with E-state index in [1.165, 1.54) is 36.1 Å². The molecule has 1 N–H and O–H groups in total. The number of aromatic nitrogens is 2. The second-order valence-electron chi connectivity index (χ2n) is 5.39. The van der Waals surface area contributed by atoms with Crippen molar-refractivity contribution in [3.8, 4) is 11.3 Å². The summed E-state index contributed by atoms with van der Waals surface area (Å²) in [5.74, 6) is 0. The summed E-state index contributed by atoms with van der Waals surface area (Å²) in [6.45, 7) is 4.37. The standard InChI is InChI=1S/C16H21N3/c1-13-4-6-14(7-5-13)16-11-18-12-19(16)15-3-2-9-17-10-8-15/h4-7,11-12,15,17H,2-3,8-10H2,1H3. The van der Waals surface area contributed by atoms with Crippen LogP contribution in [0.3, 0.4) is 0 Å². The number of hydrogen-bond acceptors (Lipinski definition) is 2. The van der Waals surface area contributed by atoms with E-state index in [0.717, 1.165) is 13.1 Å². The molecule has 1 aliphatic heterocycles. The fourth-order valence-electron chi connectivity index (χ4n) is 2.82. The Bertz CT molecular complexity index is 519. The van der Waals surface area contributed by atoms with E-state index < -0.39 is 0 Å². The molecule has 100 valence electrons. The van der Waals surface area contributed by atoms with E-state index in [1.807, 2.05) is 12.5 Å². The summed E-state index contributed by atoms with van der Waals surface area (Å²) in [4.78, 5) is 4.37. The molecule has 1 fully saturated rings. The lowest BCUT2D eigenvalue weighted by Crippen LogP contribution is -2.15. The molecule has 3 rings (SSSR count). The molecule has 1 atom stereocenters. The molecular weight excluding hydrogens is 234 g/mol. The Balaban J connectivity index is 1.90. The van der Waals surface area contributed by atoms with Crippen LogP contribution >= 0.6 is 0 Å². The molecule has 3 nitrogen and oxygen atoms in total. The first-order valence-corrected chi connectivity index (χ1v) is 7.14.